The molecular weight excluding hydrogens is 382 g/mol. The number of hydrogen-bond donors (Lipinski definition) is 4. The highest BCUT2D eigenvalue weighted by molar-refractivity contribution is 5.93. The van der Waals surface area contributed by atoms with Gasteiger partial charge in [0.1, 0.15) is 12.1 Å². The van der Waals surface area contributed by atoms with Gasteiger partial charge in [-0.2, -0.15) is 0 Å². The Kier molecular flexibility index (Phi) is 6.36. The predicted molar refractivity (Wildman–Crippen MR) is 114 cm³/mol. The van der Waals surface area contributed by atoms with Gasteiger partial charge in [-0.25, -0.2) is 10.6 Å². The summed E-state index contributed by atoms with van der Waals surface area (Å²) < 4.78 is 0. The van der Waals surface area contributed by atoms with E-state index in [4.69, 9.17) is 11.6 Å². The molecule has 1 aliphatic heterocycles. The van der Waals surface area contributed by atoms with Crippen molar-refractivity contribution in [2.75, 3.05) is 6.54 Å². The summed E-state index contributed by atoms with van der Waals surface area (Å²) in [5.74, 6) is 4.22. The average molecular weight is 416 g/mol. The van der Waals surface area contributed by atoms with Crippen LogP contribution < -0.4 is 22.3 Å². The molecule has 164 valence electrons. The lowest BCUT2D eigenvalue weighted by Gasteiger charge is -2.36. The van der Waals surface area contributed by atoms with E-state index in [-0.39, 0.29) is 11.8 Å². The molecule has 3 atom stereocenters. The zero-order valence-corrected chi connectivity index (χ0v) is 18.0. The third kappa shape index (κ3) is 4.28. The quantitative estimate of drug-likeness (QED) is 0.336. The van der Waals surface area contributed by atoms with E-state index in [0.29, 0.717) is 13.0 Å². The number of carbonyl (C=O) groups is 3. The Hall–Kier alpha value is -2.61. The molecule has 8 nitrogen and oxygen atoms in total. The lowest BCUT2D eigenvalue weighted by molar-refractivity contribution is -0.141. The Balaban J connectivity index is 1.93. The van der Waals surface area contributed by atoms with E-state index >= 15 is 0 Å². The van der Waals surface area contributed by atoms with Crippen molar-refractivity contribution in [3.63, 3.8) is 0 Å². The first kappa shape index (κ1) is 22.1. The van der Waals surface area contributed by atoms with Gasteiger partial charge in [0.15, 0.2) is 0 Å². The molecule has 1 saturated heterocycles. The lowest BCUT2D eigenvalue weighted by atomic mass is 9.80. The van der Waals surface area contributed by atoms with Crippen molar-refractivity contribution in [1.82, 2.24) is 15.6 Å². The van der Waals surface area contributed by atoms with Gasteiger partial charge in [0, 0.05) is 12.5 Å². The molecule has 0 bridgehead atoms. The molecule has 1 aliphatic carbocycles. The number of rotatable bonds is 4. The number of fused-ring (bicyclic) bond motifs is 1. The first-order valence-corrected chi connectivity index (χ1v) is 10.6. The smallest absolute Gasteiger partial charge is 0.329 e. The number of primary amides is 1. The van der Waals surface area contributed by atoms with Gasteiger partial charge >= 0.3 is 6.03 Å². The molecule has 8 heteroatoms. The van der Waals surface area contributed by atoms with Crippen LogP contribution >= 0.6 is 0 Å². The summed E-state index contributed by atoms with van der Waals surface area (Å²) in [6.45, 7) is 5.98. The molecule has 0 spiro atoms. The van der Waals surface area contributed by atoms with Crippen molar-refractivity contribution in [2.24, 2.45) is 17.0 Å². The molecule has 2 aliphatic rings. The maximum absolute atomic E-state index is 13.5. The van der Waals surface area contributed by atoms with Crippen molar-refractivity contribution in [3.05, 3.63) is 34.9 Å². The van der Waals surface area contributed by atoms with Gasteiger partial charge in [0.2, 0.25) is 11.8 Å². The topological polar surface area (TPSA) is 131 Å². The highest BCUT2D eigenvalue weighted by Crippen LogP contribution is 2.39. The summed E-state index contributed by atoms with van der Waals surface area (Å²) in [7, 11) is 0. The molecule has 3 rings (SSSR count). The van der Waals surface area contributed by atoms with Gasteiger partial charge in [0.05, 0.1) is 0 Å². The number of nitrogens with two attached hydrogens (primary N) is 2. The fourth-order valence-corrected chi connectivity index (χ4v) is 4.86. The highest BCUT2D eigenvalue weighted by atomic mass is 16.2. The van der Waals surface area contributed by atoms with E-state index in [9.17, 15) is 14.4 Å². The molecule has 0 aromatic heterocycles. The van der Waals surface area contributed by atoms with Gasteiger partial charge in [-0.15, -0.1) is 0 Å². The minimum Gasteiger partial charge on any atom is -0.368 e. The zero-order chi connectivity index (χ0) is 22.1. The second-order valence-corrected chi connectivity index (χ2v) is 9.38. The number of urea groups is 1. The van der Waals surface area contributed by atoms with Crippen LogP contribution in [-0.2, 0) is 22.4 Å². The number of likely N-dealkylation sites (tertiary alicyclic amines) is 1. The van der Waals surface area contributed by atoms with Crippen LogP contribution in [0.5, 0.6) is 0 Å². The largest absolute Gasteiger partial charge is 0.368 e. The van der Waals surface area contributed by atoms with Crippen molar-refractivity contribution in [1.29, 1.82) is 0 Å². The van der Waals surface area contributed by atoms with Gasteiger partial charge in [-0.1, -0.05) is 39.0 Å². The van der Waals surface area contributed by atoms with E-state index in [1.54, 1.807) is 4.90 Å². The second kappa shape index (κ2) is 8.63. The number of hydrogen-bond acceptors (Lipinski definition) is 4. The fourth-order valence-electron chi connectivity index (χ4n) is 4.86. The monoisotopic (exact) mass is 415 g/mol. The van der Waals surface area contributed by atoms with Crippen LogP contribution in [0.2, 0.25) is 0 Å². The van der Waals surface area contributed by atoms with E-state index in [2.05, 4.69) is 17.4 Å². The number of hydrazine groups is 1. The summed E-state index contributed by atoms with van der Waals surface area (Å²) in [4.78, 5) is 39.4. The SMILES string of the molecule is CC(C)(C)C(NC(=O)NN)C(=O)N1CCC(c2cccc3c2CCCC3)[C@H]1C(N)=O. The number of benzene rings is 1. The summed E-state index contributed by atoms with van der Waals surface area (Å²) >= 11 is 0. The maximum atomic E-state index is 13.5. The van der Waals surface area contributed by atoms with Gasteiger partial charge in [0.25, 0.3) is 0 Å². The molecule has 1 aromatic carbocycles. The second-order valence-electron chi connectivity index (χ2n) is 9.38. The third-order valence-corrected chi connectivity index (χ3v) is 6.32. The Morgan fingerprint density at radius 3 is 2.50 bits per heavy atom. The van der Waals surface area contributed by atoms with Crippen molar-refractivity contribution in [2.45, 2.75) is 70.9 Å². The first-order valence-electron chi connectivity index (χ1n) is 10.6. The van der Waals surface area contributed by atoms with Crippen LogP contribution in [0.3, 0.4) is 0 Å². The van der Waals surface area contributed by atoms with Crippen LogP contribution in [-0.4, -0.2) is 41.4 Å². The summed E-state index contributed by atoms with van der Waals surface area (Å²) in [5, 5.41) is 2.63. The van der Waals surface area contributed by atoms with Crippen molar-refractivity contribution >= 4 is 17.8 Å². The van der Waals surface area contributed by atoms with Crippen LogP contribution in [0.25, 0.3) is 0 Å². The molecule has 30 heavy (non-hydrogen) atoms. The zero-order valence-electron chi connectivity index (χ0n) is 18.0. The molecule has 1 heterocycles. The summed E-state index contributed by atoms with van der Waals surface area (Å²) in [5.41, 5.74) is 11.0. The molecule has 6 N–H and O–H groups in total. The van der Waals surface area contributed by atoms with E-state index in [1.807, 2.05) is 32.3 Å². The molecule has 1 aromatic rings. The first-order chi connectivity index (χ1) is 14.1. The number of aryl methyl sites for hydroxylation is 1. The molecular formula is C22H33N5O3. The van der Waals surface area contributed by atoms with Gasteiger partial charge in [-0.05, 0) is 54.2 Å². The van der Waals surface area contributed by atoms with Crippen molar-refractivity contribution < 1.29 is 14.4 Å². The third-order valence-electron chi connectivity index (χ3n) is 6.32. The number of carbonyl (C=O) groups excluding carboxylic acids is 3. The Morgan fingerprint density at radius 1 is 1.17 bits per heavy atom. The van der Waals surface area contributed by atoms with Crippen LogP contribution in [0.4, 0.5) is 4.79 Å². The van der Waals surface area contributed by atoms with E-state index < -0.39 is 29.4 Å². The molecule has 4 amide bonds. The number of nitrogens with one attached hydrogen (secondary N) is 2. The molecule has 0 radical (unpaired) electrons. The van der Waals surface area contributed by atoms with E-state index in [1.165, 1.54) is 17.5 Å². The molecule has 1 fully saturated rings. The van der Waals surface area contributed by atoms with Crippen LogP contribution in [0.15, 0.2) is 18.2 Å². The lowest BCUT2D eigenvalue weighted by Crippen LogP contribution is -2.59. The van der Waals surface area contributed by atoms with Crippen LogP contribution in [0, 0.1) is 5.41 Å². The Bertz CT molecular complexity index is 833. The number of amides is 4. The Morgan fingerprint density at radius 2 is 1.87 bits per heavy atom. The summed E-state index contributed by atoms with van der Waals surface area (Å²) in [6, 6.07) is 4.03. The van der Waals surface area contributed by atoms with E-state index in [0.717, 1.165) is 24.8 Å². The predicted octanol–water partition coefficient (Wildman–Crippen LogP) is 1.32. The Labute approximate surface area is 177 Å². The maximum Gasteiger partial charge on any atom is 0.329 e. The minimum absolute atomic E-state index is 0.136. The fraction of sp³-hybridized carbons (Fsp3) is 0.591. The van der Waals surface area contributed by atoms with Crippen molar-refractivity contribution in [3.8, 4) is 0 Å². The van der Waals surface area contributed by atoms with Gasteiger partial charge < -0.3 is 16.0 Å². The molecule has 2 unspecified atom stereocenters. The average Bonchev–Trinajstić information content (AvgIpc) is 3.15. The van der Waals surface area contributed by atoms with Gasteiger partial charge in [-0.3, -0.25) is 15.0 Å². The summed E-state index contributed by atoms with van der Waals surface area (Å²) in [6.07, 6.45) is 5.00. The minimum atomic E-state index is -0.841. The molecule has 0 saturated carbocycles. The highest BCUT2D eigenvalue weighted by Gasteiger charge is 2.46. The normalized spacial score (nSPS) is 22.2. The number of nitrogens with zero attached hydrogens (tertiary/aromatic N) is 1. The van der Waals surface area contributed by atoms with Crippen LogP contribution in [0.1, 0.15) is 62.6 Å². The standard InChI is InChI=1S/C22H33N5O3/c1-22(2,3)18(25-21(30)26-24)20(29)27-12-11-16(17(27)19(23)28)15-10-6-8-13-7-4-5-9-14(13)15/h6,8,10,16-18H,4-5,7,9,11-12,24H2,1-3H3,(H2,23,28)(H2,25,26,30)/t16?,17-,18?/m0/s1.